The Kier molecular flexibility index (Phi) is 7.41. The summed E-state index contributed by atoms with van der Waals surface area (Å²) in [4.78, 5) is 18.7. The highest BCUT2D eigenvalue weighted by Crippen LogP contribution is 2.17. The maximum absolute atomic E-state index is 12.2. The molecule has 134 valence electrons. The van der Waals surface area contributed by atoms with Crippen molar-refractivity contribution in [3.63, 3.8) is 0 Å². The Hall–Kier alpha value is -2.40. The number of benzene rings is 1. The summed E-state index contributed by atoms with van der Waals surface area (Å²) in [5, 5.41) is 6.29. The van der Waals surface area contributed by atoms with E-state index < -0.39 is 0 Å². The van der Waals surface area contributed by atoms with Gasteiger partial charge in [-0.3, -0.25) is 9.78 Å². The second kappa shape index (κ2) is 9.79. The summed E-state index contributed by atoms with van der Waals surface area (Å²) >= 11 is 0. The van der Waals surface area contributed by atoms with Gasteiger partial charge in [-0.15, -0.1) is 0 Å². The van der Waals surface area contributed by atoms with Gasteiger partial charge in [-0.05, 0) is 55.4 Å². The molecule has 1 heterocycles. The van der Waals surface area contributed by atoms with E-state index in [0.29, 0.717) is 12.1 Å². The fourth-order valence-electron chi connectivity index (χ4n) is 2.59. The van der Waals surface area contributed by atoms with Gasteiger partial charge in [0.2, 0.25) is 0 Å². The van der Waals surface area contributed by atoms with E-state index in [2.05, 4.69) is 47.4 Å². The monoisotopic (exact) mass is 340 g/mol. The van der Waals surface area contributed by atoms with Crippen LogP contribution in [0.5, 0.6) is 0 Å². The molecule has 5 nitrogen and oxygen atoms in total. The Morgan fingerprint density at radius 1 is 1.04 bits per heavy atom. The number of likely N-dealkylation sites (N-methyl/N-ethyl adjacent to an activating group) is 1. The van der Waals surface area contributed by atoms with E-state index in [-0.39, 0.29) is 5.91 Å². The van der Waals surface area contributed by atoms with E-state index in [1.165, 1.54) is 5.56 Å². The molecule has 1 aromatic heterocycles. The van der Waals surface area contributed by atoms with E-state index in [1.54, 1.807) is 6.20 Å². The quantitative estimate of drug-likeness (QED) is 0.734. The van der Waals surface area contributed by atoms with Gasteiger partial charge in [-0.25, -0.2) is 0 Å². The Labute approximate surface area is 150 Å². The first-order chi connectivity index (χ1) is 12.2. The molecular weight excluding hydrogens is 312 g/mol. The van der Waals surface area contributed by atoms with E-state index in [1.807, 2.05) is 30.5 Å². The van der Waals surface area contributed by atoms with Gasteiger partial charge in [-0.2, -0.15) is 0 Å². The Morgan fingerprint density at radius 2 is 1.76 bits per heavy atom. The lowest BCUT2D eigenvalue weighted by atomic mass is 10.2. The number of nitrogens with zero attached hydrogens (tertiary/aromatic N) is 2. The number of pyridine rings is 1. The number of carbonyl (C=O) groups excluding carboxylic acids is 1. The van der Waals surface area contributed by atoms with Crippen LogP contribution in [-0.2, 0) is 6.42 Å². The number of hydrogen-bond donors (Lipinski definition) is 2. The lowest BCUT2D eigenvalue weighted by Gasteiger charge is -2.18. The molecule has 0 radical (unpaired) electrons. The number of hydrogen-bond acceptors (Lipinski definition) is 4. The highest BCUT2D eigenvalue weighted by atomic mass is 16.1. The molecule has 25 heavy (non-hydrogen) atoms. The van der Waals surface area contributed by atoms with E-state index in [4.69, 9.17) is 0 Å². The predicted octanol–water partition coefficient (Wildman–Crippen LogP) is 3.46. The van der Waals surface area contributed by atoms with Crippen LogP contribution in [0.1, 0.15) is 36.7 Å². The summed E-state index contributed by atoms with van der Waals surface area (Å²) in [5.41, 5.74) is 3.75. The van der Waals surface area contributed by atoms with Gasteiger partial charge in [0, 0.05) is 30.5 Å². The third-order valence-electron chi connectivity index (χ3n) is 4.25. The topological polar surface area (TPSA) is 57.3 Å². The molecule has 5 heteroatoms. The normalized spacial score (nSPS) is 10.7. The smallest absolute Gasteiger partial charge is 0.251 e. The number of nitrogens with one attached hydrogen (secondary N) is 2. The molecule has 0 spiro atoms. The van der Waals surface area contributed by atoms with Gasteiger partial charge < -0.3 is 15.5 Å². The fourth-order valence-corrected chi connectivity index (χ4v) is 2.59. The van der Waals surface area contributed by atoms with Crippen LogP contribution in [0.2, 0.25) is 0 Å². The van der Waals surface area contributed by atoms with Crippen molar-refractivity contribution < 1.29 is 4.79 Å². The number of anilines is 2. The number of aromatic nitrogens is 1. The van der Waals surface area contributed by atoms with Crippen LogP contribution in [0.3, 0.4) is 0 Å². The average Bonchev–Trinajstić information content (AvgIpc) is 2.66. The minimum absolute atomic E-state index is 0.0339. The maximum Gasteiger partial charge on any atom is 0.251 e. The molecule has 0 atom stereocenters. The summed E-state index contributed by atoms with van der Waals surface area (Å²) in [5.74, 6) is -0.0339. The molecule has 2 N–H and O–H groups in total. The fraction of sp³-hybridized carbons (Fsp3) is 0.400. The highest BCUT2D eigenvalue weighted by molar-refractivity contribution is 5.94. The number of carbonyl (C=O) groups is 1. The van der Waals surface area contributed by atoms with Gasteiger partial charge in [0.05, 0.1) is 11.9 Å². The molecule has 1 aromatic carbocycles. The van der Waals surface area contributed by atoms with Crippen LogP contribution in [-0.4, -0.2) is 42.0 Å². The first kappa shape index (κ1) is 18.9. The molecule has 0 saturated carbocycles. The van der Waals surface area contributed by atoms with Crippen LogP contribution in [0, 0.1) is 0 Å². The highest BCUT2D eigenvalue weighted by Gasteiger charge is 2.06. The Balaban J connectivity index is 1.89. The van der Waals surface area contributed by atoms with Gasteiger partial charge in [-0.1, -0.05) is 20.8 Å². The summed E-state index contributed by atoms with van der Waals surface area (Å²) in [6, 6.07) is 9.59. The zero-order valence-electron chi connectivity index (χ0n) is 15.4. The SMILES string of the molecule is CCc1cncc(Nc2ccc(C(=O)NCCN(CC)CC)cc2)c1. The number of aryl methyl sites for hydroxylation is 1. The van der Waals surface area contributed by atoms with Gasteiger partial charge >= 0.3 is 0 Å². The Morgan fingerprint density at radius 3 is 2.40 bits per heavy atom. The van der Waals surface area contributed by atoms with Crippen LogP contribution in [0.4, 0.5) is 11.4 Å². The number of rotatable bonds is 9. The molecule has 0 aliphatic carbocycles. The van der Waals surface area contributed by atoms with Crippen molar-refractivity contribution in [3.8, 4) is 0 Å². The summed E-state index contributed by atoms with van der Waals surface area (Å²) in [7, 11) is 0. The molecule has 0 unspecified atom stereocenters. The molecule has 2 rings (SSSR count). The van der Waals surface area contributed by atoms with Crippen molar-refractivity contribution in [1.29, 1.82) is 0 Å². The second-order valence-electron chi connectivity index (χ2n) is 5.92. The Bertz CT molecular complexity index is 666. The van der Waals surface area contributed by atoms with E-state index in [0.717, 1.165) is 37.4 Å². The van der Waals surface area contributed by atoms with Crippen LogP contribution < -0.4 is 10.6 Å². The molecule has 0 bridgehead atoms. The van der Waals surface area contributed by atoms with Crippen LogP contribution in [0.15, 0.2) is 42.7 Å². The van der Waals surface area contributed by atoms with Crippen molar-refractivity contribution in [2.45, 2.75) is 27.2 Å². The first-order valence-electron chi connectivity index (χ1n) is 8.97. The standard InChI is InChI=1S/C20H28N4O/c1-4-16-13-19(15-21-14-16)23-18-9-7-17(8-10-18)20(25)22-11-12-24(5-2)6-3/h7-10,13-15,23H,4-6,11-12H2,1-3H3,(H,22,25). The molecular formula is C20H28N4O. The third kappa shape index (κ3) is 5.87. The maximum atomic E-state index is 12.2. The zero-order chi connectivity index (χ0) is 18.1. The lowest BCUT2D eigenvalue weighted by Crippen LogP contribution is -2.34. The lowest BCUT2D eigenvalue weighted by molar-refractivity contribution is 0.0949. The molecule has 1 amide bonds. The minimum Gasteiger partial charge on any atom is -0.354 e. The molecule has 0 fully saturated rings. The number of amides is 1. The van der Waals surface area contributed by atoms with Gasteiger partial charge in [0.25, 0.3) is 5.91 Å². The molecule has 0 aliphatic heterocycles. The van der Waals surface area contributed by atoms with Crippen molar-refractivity contribution in [1.82, 2.24) is 15.2 Å². The van der Waals surface area contributed by atoms with Crippen molar-refractivity contribution in [2.75, 3.05) is 31.5 Å². The van der Waals surface area contributed by atoms with E-state index >= 15 is 0 Å². The van der Waals surface area contributed by atoms with E-state index in [9.17, 15) is 4.79 Å². The molecule has 0 saturated heterocycles. The first-order valence-corrected chi connectivity index (χ1v) is 8.97. The van der Waals surface area contributed by atoms with Crippen molar-refractivity contribution in [2.24, 2.45) is 0 Å². The van der Waals surface area contributed by atoms with Gasteiger partial charge in [0.1, 0.15) is 0 Å². The summed E-state index contributed by atoms with van der Waals surface area (Å²) < 4.78 is 0. The van der Waals surface area contributed by atoms with Crippen molar-refractivity contribution >= 4 is 17.3 Å². The molecule has 2 aromatic rings. The zero-order valence-corrected chi connectivity index (χ0v) is 15.4. The van der Waals surface area contributed by atoms with Gasteiger partial charge in [0.15, 0.2) is 0 Å². The predicted molar refractivity (Wildman–Crippen MR) is 103 cm³/mol. The van der Waals surface area contributed by atoms with Crippen LogP contribution in [0.25, 0.3) is 0 Å². The summed E-state index contributed by atoms with van der Waals surface area (Å²) in [6.07, 6.45) is 4.62. The minimum atomic E-state index is -0.0339. The van der Waals surface area contributed by atoms with Crippen LogP contribution >= 0.6 is 0 Å². The largest absolute Gasteiger partial charge is 0.354 e. The van der Waals surface area contributed by atoms with Crippen molar-refractivity contribution in [3.05, 3.63) is 53.9 Å². The third-order valence-corrected chi connectivity index (χ3v) is 4.25. The summed E-state index contributed by atoms with van der Waals surface area (Å²) in [6.45, 7) is 9.90. The second-order valence-corrected chi connectivity index (χ2v) is 5.92. The molecule has 0 aliphatic rings. The average molecular weight is 340 g/mol.